The molecule has 154 valence electrons. The Morgan fingerprint density at radius 1 is 1.03 bits per heavy atom. The molecule has 2 heterocycles. The zero-order valence-electron chi connectivity index (χ0n) is 15.8. The molecule has 2 N–H and O–H groups in total. The van der Waals surface area contributed by atoms with Crippen molar-refractivity contribution < 1.29 is 22.7 Å². The fourth-order valence-corrected chi connectivity index (χ4v) is 4.75. The molecule has 8 nitrogen and oxygen atoms in total. The van der Waals surface area contributed by atoms with Gasteiger partial charge in [-0.3, -0.25) is 9.52 Å². The summed E-state index contributed by atoms with van der Waals surface area (Å²) < 4.78 is 37.8. The molecule has 1 aliphatic heterocycles. The third-order valence-corrected chi connectivity index (χ3v) is 7.05. The van der Waals surface area contributed by atoms with E-state index < -0.39 is 15.9 Å². The SMILES string of the molecule is C/C(=N/NC(=O)c1ccc(NS(=O)(=O)c2cccs2)cc1)c1ccc2c(c1)OCO2. The van der Waals surface area contributed by atoms with Crippen molar-refractivity contribution in [3.63, 3.8) is 0 Å². The summed E-state index contributed by atoms with van der Waals surface area (Å²) in [6, 6.07) is 14.7. The second-order valence-corrected chi connectivity index (χ2v) is 9.18. The van der Waals surface area contributed by atoms with Gasteiger partial charge in [0.15, 0.2) is 11.5 Å². The third kappa shape index (κ3) is 4.29. The lowest BCUT2D eigenvalue weighted by Gasteiger charge is -2.07. The van der Waals surface area contributed by atoms with Gasteiger partial charge in [0.1, 0.15) is 4.21 Å². The summed E-state index contributed by atoms with van der Waals surface area (Å²) in [4.78, 5) is 12.4. The first-order valence-electron chi connectivity index (χ1n) is 8.83. The molecule has 0 radical (unpaired) electrons. The van der Waals surface area contributed by atoms with Crippen molar-refractivity contribution in [3.8, 4) is 11.5 Å². The van der Waals surface area contributed by atoms with E-state index in [4.69, 9.17) is 9.47 Å². The number of thiophene rings is 1. The molecule has 0 atom stereocenters. The molecule has 1 aliphatic rings. The summed E-state index contributed by atoms with van der Waals surface area (Å²) in [5, 5.41) is 5.81. The van der Waals surface area contributed by atoms with Gasteiger partial charge in [-0.2, -0.15) is 5.10 Å². The zero-order chi connectivity index (χ0) is 21.1. The second-order valence-electron chi connectivity index (χ2n) is 6.32. The van der Waals surface area contributed by atoms with Crippen molar-refractivity contribution >= 4 is 38.7 Å². The van der Waals surface area contributed by atoms with Gasteiger partial charge < -0.3 is 9.47 Å². The number of carbonyl (C=O) groups is 1. The van der Waals surface area contributed by atoms with E-state index in [1.54, 1.807) is 30.5 Å². The Balaban J connectivity index is 1.41. The minimum Gasteiger partial charge on any atom is -0.454 e. The number of hydrogen-bond acceptors (Lipinski definition) is 7. The summed E-state index contributed by atoms with van der Waals surface area (Å²) in [7, 11) is -3.63. The molecular formula is C20H17N3O5S2. The maximum Gasteiger partial charge on any atom is 0.271 e. The molecule has 0 bridgehead atoms. The van der Waals surface area contributed by atoms with Crippen LogP contribution in [0.3, 0.4) is 0 Å². The van der Waals surface area contributed by atoms with Crippen molar-refractivity contribution in [2.75, 3.05) is 11.5 Å². The molecule has 10 heteroatoms. The van der Waals surface area contributed by atoms with Crippen LogP contribution in [0.1, 0.15) is 22.8 Å². The van der Waals surface area contributed by atoms with Gasteiger partial charge >= 0.3 is 0 Å². The van der Waals surface area contributed by atoms with E-state index in [1.807, 2.05) is 6.07 Å². The number of carbonyl (C=O) groups excluding carboxylic acids is 1. The quantitative estimate of drug-likeness (QED) is 0.448. The summed E-state index contributed by atoms with van der Waals surface area (Å²) in [5.74, 6) is 0.891. The monoisotopic (exact) mass is 443 g/mol. The largest absolute Gasteiger partial charge is 0.454 e. The summed E-state index contributed by atoms with van der Waals surface area (Å²) in [6.07, 6.45) is 0. The van der Waals surface area contributed by atoms with E-state index in [0.29, 0.717) is 28.5 Å². The van der Waals surface area contributed by atoms with Crippen molar-refractivity contribution in [1.29, 1.82) is 0 Å². The average Bonchev–Trinajstić information content (AvgIpc) is 3.43. The molecule has 30 heavy (non-hydrogen) atoms. The van der Waals surface area contributed by atoms with Crippen molar-refractivity contribution in [2.24, 2.45) is 5.10 Å². The van der Waals surface area contributed by atoms with Crippen LogP contribution in [-0.2, 0) is 10.0 Å². The lowest BCUT2D eigenvalue weighted by molar-refractivity contribution is 0.0955. The van der Waals surface area contributed by atoms with E-state index in [9.17, 15) is 13.2 Å². The lowest BCUT2D eigenvalue weighted by atomic mass is 10.1. The number of sulfonamides is 1. The Labute approximate surface area is 177 Å². The highest BCUT2D eigenvalue weighted by molar-refractivity contribution is 7.94. The number of amides is 1. The van der Waals surface area contributed by atoms with Gasteiger partial charge in [0.2, 0.25) is 6.79 Å². The van der Waals surface area contributed by atoms with Gasteiger partial charge in [-0.15, -0.1) is 11.3 Å². The first-order chi connectivity index (χ1) is 14.4. The summed E-state index contributed by atoms with van der Waals surface area (Å²) in [5.41, 5.74) is 4.59. The Kier molecular flexibility index (Phi) is 5.42. The Morgan fingerprint density at radius 2 is 1.77 bits per heavy atom. The first-order valence-corrected chi connectivity index (χ1v) is 11.2. The molecular weight excluding hydrogens is 426 g/mol. The molecule has 1 aromatic heterocycles. The number of fused-ring (bicyclic) bond motifs is 1. The maximum atomic E-state index is 12.4. The highest BCUT2D eigenvalue weighted by Crippen LogP contribution is 2.32. The van der Waals surface area contributed by atoms with Crippen molar-refractivity contribution in [3.05, 3.63) is 71.1 Å². The van der Waals surface area contributed by atoms with Crippen molar-refractivity contribution in [2.45, 2.75) is 11.1 Å². The average molecular weight is 444 g/mol. The smallest absolute Gasteiger partial charge is 0.271 e. The highest BCUT2D eigenvalue weighted by Gasteiger charge is 2.16. The number of rotatable bonds is 6. The van der Waals surface area contributed by atoms with Crippen LogP contribution in [0.4, 0.5) is 5.69 Å². The Hall–Kier alpha value is -3.37. The summed E-state index contributed by atoms with van der Waals surface area (Å²) in [6.45, 7) is 1.95. The van der Waals surface area contributed by atoms with Gasteiger partial charge in [0.25, 0.3) is 15.9 Å². The van der Waals surface area contributed by atoms with Crippen LogP contribution in [0.25, 0.3) is 0 Å². The summed E-state index contributed by atoms with van der Waals surface area (Å²) >= 11 is 1.13. The standard InChI is InChI=1S/C20H17N3O5S2/c1-13(15-6-9-17-18(11-15)28-12-27-17)21-22-20(24)14-4-7-16(8-5-14)23-30(25,26)19-3-2-10-29-19/h2-11,23H,12H2,1H3,(H,22,24)/b21-13-. The molecule has 4 rings (SSSR count). The van der Waals surface area contributed by atoms with E-state index in [-0.39, 0.29) is 11.0 Å². The van der Waals surface area contributed by atoms with Crippen molar-refractivity contribution in [1.82, 2.24) is 5.43 Å². The molecule has 0 saturated heterocycles. The number of nitrogens with zero attached hydrogens (tertiary/aromatic N) is 1. The molecule has 2 aromatic carbocycles. The zero-order valence-corrected chi connectivity index (χ0v) is 17.4. The number of nitrogens with one attached hydrogen (secondary N) is 2. The molecule has 0 fully saturated rings. The van der Waals surface area contributed by atoms with Crippen LogP contribution in [0.15, 0.2) is 69.3 Å². The van der Waals surface area contributed by atoms with E-state index in [1.165, 1.54) is 30.3 Å². The molecule has 3 aromatic rings. The maximum absolute atomic E-state index is 12.4. The van der Waals surface area contributed by atoms with Crippen LogP contribution in [-0.4, -0.2) is 26.8 Å². The predicted octanol–water partition coefficient (Wildman–Crippen LogP) is 3.43. The van der Waals surface area contributed by atoms with Gasteiger partial charge in [-0.25, -0.2) is 13.8 Å². The molecule has 0 spiro atoms. The fraction of sp³-hybridized carbons (Fsp3) is 0.100. The number of ether oxygens (including phenoxy) is 2. The van der Waals surface area contributed by atoms with Gasteiger partial charge in [0, 0.05) is 16.8 Å². The minimum absolute atomic E-state index is 0.186. The van der Waals surface area contributed by atoms with Gasteiger partial charge in [0.05, 0.1) is 5.71 Å². The Morgan fingerprint density at radius 3 is 2.50 bits per heavy atom. The van der Waals surface area contributed by atoms with E-state index >= 15 is 0 Å². The lowest BCUT2D eigenvalue weighted by Crippen LogP contribution is -2.19. The predicted molar refractivity (Wildman–Crippen MR) is 114 cm³/mol. The Bertz CT molecular complexity index is 1200. The van der Waals surface area contributed by atoms with Crippen LogP contribution in [0, 0.1) is 0 Å². The molecule has 1 amide bonds. The second kappa shape index (κ2) is 8.17. The molecule has 0 saturated carbocycles. The topological polar surface area (TPSA) is 106 Å². The van der Waals surface area contributed by atoms with E-state index in [0.717, 1.165) is 16.9 Å². The van der Waals surface area contributed by atoms with Crippen LogP contribution < -0.4 is 19.6 Å². The number of anilines is 1. The first kappa shape index (κ1) is 19.9. The van der Waals surface area contributed by atoms with Gasteiger partial charge in [-0.05, 0) is 60.8 Å². The minimum atomic E-state index is -3.63. The molecule has 0 unspecified atom stereocenters. The fourth-order valence-electron chi connectivity index (χ4n) is 2.70. The van der Waals surface area contributed by atoms with E-state index in [2.05, 4.69) is 15.2 Å². The number of hydrogen-bond donors (Lipinski definition) is 2. The molecule has 0 aliphatic carbocycles. The normalized spacial score (nSPS) is 13.2. The van der Waals surface area contributed by atoms with Crippen LogP contribution >= 0.6 is 11.3 Å². The number of hydrazone groups is 1. The third-order valence-electron chi connectivity index (χ3n) is 4.27. The number of benzene rings is 2. The van der Waals surface area contributed by atoms with Crippen LogP contribution in [0.2, 0.25) is 0 Å². The van der Waals surface area contributed by atoms with Gasteiger partial charge in [-0.1, -0.05) is 6.07 Å². The highest BCUT2D eigenvalue weighted by atomic mass is 32.2. The van der Waals surface area contributed by atoms with Crippen LogP contribution in [0.5, 0.6) is 11.5 Å².